The van der Waals surface area contributed by atoms with E-state index in [0.29, 0.717) is 0 Å². The van der Waals surface area contributed by atoms with Gasteiger partial charge in [0.15, 0.2) is 0 Å². The number of ether oxygens (including phenoxy) is 1. The van der Waals surface area contributed by atoms with E-state index in [4.69, 9.17) is 4.74 Å². The Morgan fingerprint density at radius 2 is 1.95 bits per heavy atom. The first kappa shape index (κ1) is 14.7. The van der Waals surface area contributed by atoms with E-state index in [1.807, 2.05) is 12.1 Å². The number of hydrogen-bond donors (Lipinski definition) is 1. The number of hydrogen-bond acceptors (Lipinski definition) is 2. The van der Waals surface area contributed by atoms with Gasteiger partial charge in [-0.2, -0.15) is 0 Å². The first-order valence-corrected chi connectivity index (χ1v) is 7.00. The van der Waals surface area contributed by atoms with Gasteiger partial charge in [0.25, 0.3) is 0 Å². The van der Waals surface area contributed by atoms with Crippen molar-refractivity contribution in [1.29, 1.82) is 0 Å². The zero-order valence-corrected chi connectivity index (χ0v) is 12.8. The highest BCUT2D eigenvalue weighted by molar-refractivity contribution is 5.29. The van der Waals surface area contributed by atoms with E-state index in [9.17, 15) is 0 Å². The summed E-state index contributed by atoms with van der Waals surface area (Å²) in [6.45, 7) is 8.29. The van der Waals surface area contributed by atoms with Gasteiger partial charge in [-0.3, -0.25) is 0 Å². The van der Waals surface area contributed by atoms with Crippen LogP contribution in [0.15, 0.2) is 42.6 Å². The van der Waals surface area contributed by atoms with E-state index in [-0.39, 0.29) is 5.54 Å². The minimum atomic E-state index is 0.130. The predicted octanol–water partition coefficient (Wildman–Crippen LogP) is 3.43. The lowest BCUT2D eigenvalue weighted by Gasteiger charge is -2.21. The number of nitrogens with one attached hydrogen (secondary N) is 1. The van der Waals surface area contributed by atoms with Crippen LogP contribution in [0.4, 0.5) is 0 Å². The fourth-order valence-electron chi connectivity index (χ4n) is 2.09. The van der Waals surface area contributed by atoms with Gasteiger partial charge in [-0.25, -0.2) is 0 Å². The molecule has 1 heterocycles. The third kappa shape index (κ3) is 4.14. The molecule has 0 aliphatic carbocycles. The Kier molecular flexibility index (Phi) is 4.50. The van der Waals surface area contributed by atoms with Crippen molar-refractivity contribution in [3.63, 3.8) is 0 Å². The molecule has 2 aromatic rings. The lowest BCUT2D eigenvalue weighted by molar-refractivity contribution is 0.413. The predicted molar refractivity (Wildman–Crippen MR) is 83.1 cm³/mol. The lowest BCUT2D eigenvalue weighted by atomic mass is 10.1. The van der Waals surface area contributed by atoms with Crippen LogP contribution in [-0.4, -0.2) is 17.2 Å². The van der Waals surface area contributed by atoms with Crippen LogP contribution in [0.1, 0.15) is 32.0 Å². The summed E-state index contributed by atoms with van der Waals surface area (Å²) in [6.07, 6.45) is 2.12. The van der Waals surface area contributed by atoms with Gasteiger partial charge < -0.3 is 14.6 Å². The molecule has 0 saturated heterocycles. The first-order chi connectivity index (χ1) is 9.48. The molecule has 0 radical (unpaired) electrons. The highest BCUT2D eigenvalue weighted by Crippen LogP contribution is 2.15. The van der Waals surface area contributed by atoms with Crippen molar-refractivity contribution in [2.45, 2.75) is 39.4 Å². The Bertz CT molecular complexity index is 552. The molecule has 0 aliphatic rings. The maximum atomic E-state index is 5.27. The fraction of sp³-hybridized carbons (Fsp3) is 0.412. The number of aromatic nitrogens is 1. The summed E-state index contributed by atoms with van der Waals surface area (Å²) in [6, 6.07) is 12.5. The van der Waals surface area contributed by atoms with Gasteiger partial charge in [-0.15, -0.1) is 0 Å². The minimum absolute atomic E-state index is 0.130. The van der Waals surface area contributed by atoms with E-state index < -0.39 is 0 Å². The third-order valence-corrected chi connectivity index (χ3v) is 3.21. The molecule has 3 heteroatoms. The summed E-state index contributed by atoms with van der Waals surface area (Å²) in [5, 5.41) is 3.53. The largest absolute Gasteiger partial charge is 0.497 e. The molecule has 108 valence electrons. The summed E-state index contributed by atoms with van der Waals surface area (Å²) in [4.78, 5) is 0. The second kappa shape index (κ2) is 6.14. The Hall–Kier alpha value is -1.74. The van der Waals surface area contributed by atoms with E-state index in [0.717, 1.165) is 18.8 Å². The Balaban J connectivity index is 2.08. The summed E-state index contributed by atoms with van der Waals surface area (Å²) >= 11 is 0. The zero-order valence-electron chi connectivity index (χ0n) is 12.8. The molecule has 3 nitrogen and oxygen atoms in total. The van der Waals surface area contributed by atoms with Crippen LogP contribution < -0.4 is 10.1 Å². The van der Waals surface area contributed by atoms with Crippen molar-refractivity contribution < 1.29 is 4.74 Å². The fourth-order valence-corrected chi connectivity index (χ4v) is 2.09. The molecule has 1 aromatic heterocycles. The average molecular weight is 272 g/mol. The van der Waals surface area contributed by atoms with Gasteiger partial charge in [0, 0.05) is 30.5 Å². The van der Waals surface area contributed by atoms with E-state index >= 15 is 0 Å². The quantitative estimate of drug-likeness (QED) is 0.902. The van der Waals surface area contributed by atoms with Gasteiger partial charge in [-0.05, 0) is 50.6 Å². The molecule has 2 rings (SSSR count). The van der Waals surface area contributed by atoms with Crippen molar-refractivity contribution in [2.24, 2.45) is 0 Å². The maximum absolute atomic E-state index is 5.27. The maximum Gasteiger partial charge on any atom is 0.119 e. The van der Waals surface area contributed by atoms with Crippen molar-refractivity contribution in [2.75, 3.05) is 7.11 Å². The molecule has 0 spiro atoms. The molecular weight excluding hydrogens is 248 g/mol. The molecule has 0 unspecified atom stereocenters. The first-order valence-electron chi connectivity index (χ1n) is 7.00. The van der Waals surface area contributed by atoms with Crippen LogP contribution in [0, 0.1) is 0 Å². The van der Waals surface area contributed by atoms with Gasteiger partial charge in [0.1, 0.15) is 5.75 Å². The van der Waals surface area contributed by atoms with Crippen LogP contribution in [-0.2, 0) is 13.1 Å². The van der Waals surface area contributed by atoms with E-state index in [1.54, 1.807) is 7.11 Å². The molecule has 0 saturated carbocycles. The molecule has 0 amide bonds. The Morgan fingerprint density at radius 1 is 1.15 bits per heavy atom. The Labute approximate surface area is 121 Å². The lowest BCUT2D eigenvalue weighted by Crippen LogP contribution is -2.35. The van der Waals surface area contributed by atoms with Crippen LogP contribution >= 0.6 is 0 Å². The average Bonchev–Trinajstić information content (AvgIpc) is 2.83. The van der Waals surface area contributed by atoms with Crippen molar-refractivity contribution in [3.8, 4) is 5.75 Å². The summed E-state index contributed by atoms with van der Waals surface area (Å²) in [5.74, 6) is 0.907. The van der Waals surface area contributed by atoms with Crippen LogP contribution in [0.25, 0.3) is 0 Å². The number of benzene rings is 1. The van der Waals surface area contributed by atoms with Crippen LogP contribution in [0.5, 0.6) is 5.75 Å². The van der Waals surface area contributed by atoms with Gasteiger partial charge >= 0.3 is 0 Å². The standard InChI is InChI=1S/C17H24N2O/c1-17(2,3)18-12-15-8-6-10-19(15)13-14-7-5-9-16(11-14)20-4/h5-11,18H,12-13H2,1-4H3. The number of rotatable bonds is 5. The normalized spacial score (nSPS) is 11.6. The molecule has 0 atom stereocenters. The molecule has 0 aliphatic heterocycles. The molecule has 1 N–H and O–H groups in total. The molecule has 20 heavy (non-hydrogen) atoms. The topological polar surface area (TPSA) is 26.2 Å². The monoisotopic (exact) mass is 272 g/mol. The van der Waals surface area contributed by atoms with Gasteiger partial charge in [0.2, 0.25) is 0 Å². The zero-order chi connectivity index (χ0) is 14.6. The summed E-state index contributed by atoms with van der Waals surface area (Å²) < 4.78 is 7.55. The SMILES string of the molecule is COc1cccc(Cn2cccc2CNC(C)(C)C)c1. The van der Waals surface area contributed by atoms with Crippen molar-refractivity contribution in [1.82, 2.24) is 9.88 Å². The van der Waals surface area contributed by atoms with E-state index in [1.165, 1.54) is 11.3 Å². The van der Waals surface area contributed by atoms with Crippen molar-refractivity contribution in [3.05, 3.63) is 53.9 Å². The van der Waals surface area contributed by atoms with Crippen LogP contribution in [0.2, 0.25) is 0 Å². The molecule has 0 fully saturated rings. The summed E-state index contributed by atoms with van der Waals surface area (Å²) in [5.41, 5.74) is 2.67. The molecular formula is C17H24N2O. The van der Waals surface area contributed by atoms with E-state index in [2.05, 4.69) is 61.1 Å². The highest BCUT2D eigenvalue weighted by Gasteiger charge is 2.10. The smallest absolute Gasteiger partial charge is 0.119 e. The third-order valence-electron chi connectivity index (χ3n) is 3.21. The molecule has 0 bridgehead atoms. The van der Waals surface area contributed by atoms with Gasteiger partial charge in [-0.1, -0.05) is 12.1 Å². The summed E-state index contributed by atoms with van der Waals surface area (Å²) in [7, 11) is 1.70. The Morgan fingerprint density at radius 3 is 2.65 bits per heavy atom. The van der Waals surface area contributed by atoms with Crippen LogP contribution in [0.3, 0.4) is 0 Å². The second-order valence-corrected chi connectivity index (χ2v) is 6.08. The van der Waals surface area contributed by atoms with Gasteiger partial charge in [0.05, 0.1) is 7.11 Å². The van der Waals surface area contributed by atoms with Crippen molar-refractivity contribution >= 4 is 0 Å². The highest BCUT2D eigenvalue weighted by atomic mass is 16.5. The molecule has 1 aromatic carbocycles. The number of methoxy groups -OCH3 is 1. The minimum Gasteiger partial charge on any atom is -0.497 e. The second-order valence-electron chi connectivity index (χ2n) is 6.08. The number of nitrogens with zero attached hydrogens (tertiary/aromatic N) is 1.